The number of aliphatic hydroxyl groups is 2. The van der Waals surface area contributed by atoms with E-state index >= 15 is 0 Å². The van der Waals surface area contributed by atoms with Gasteiger partial charge in [0.15, 0.2) is 5.82 Å². The number of nitrogens with two attached hydrogens (primary N) is 1. The van der Waals surface area contributed by atoms with Crippen molar-refractivity contribution in [2.45, 2.75) is 95.9 Å². The molecule has 3 aromatic rings. The van der Waals surface area contributed by atoms with Gasteiger partial charge in [0.25, 0.3) is 0 Å². The molecular weight excluding hydrogens is 615 g/mol. The van der Waals surface area contributed by atoms with Crippen molar-refractivity contribution in [2.24, 2.45) is 5.41 Å². The highest BCUT2D eigenvalue weighted by atomic mass is 31.2. The first-order chi connectivity index (χ1) is 21.5. The Kier molecular flexibility index (Phi) is 8.98. The minimum Gasteiger partial charge on any atom is -0.461 e. The van der Waals surface area contributed by atoms with Crippen LogP contribution in [0.2, 0.25) is 0 Å². The second kappa shape index (κ2) is 12.2. The third-order valence-electron chi connectivity index (χ3n) is 8.39. The molecule has 0 bridgehead atoms. The maximum atomic E-state index is 14.2. The third kappa shape index (κ3) is 6.62. The van der Waals surface area contributed by atoms with Gasteiger partial charge in [0, 0.05) is 0 Å². The molecule has 14 nitrogen and oxygen atoms in total. The number of ether oxygens (including phenoxy) is 2. The lowest BCUT2D eigenvalue weighted by atomic mass is 9.70. The van der Waals surface area contributed by atoms with E-state index in [0.717, 1.165) is 5.56 Å². The van der Waals surface area contributed by atoms with Gasteiger partial charge in [0.2, 0.25) is 5.60 Å². The van der Waals surface area contributed by atoms with Crippen LogP contribution in [0.15, 0.2) is 42.7 Å². The number of nitriles is 1. The molecule has 2 fully saturated rings. The minimum absolute atomic E-state index is 0.0837. The lowest BCUT2D eigenvalue weighted by molar-refractivity contribution is -0.161. The second-order valence-corrected chi connectivity index (χ2v) is 15.4. The number of hydrogen-bond acceptors (Lipinski definition) is 12. The highest BCUT2D eigenvalue weighted by Crippen LogP contribution is 2.48. The maximum Gasteiger partial charge on any atom is 0.459 e. The van der Waals surface area contributed by atoms with Crippen LogP contribution in [0.1, 0.15) is 65.6 Å². The van der Waals surface area contributed by atoms with Crippen LogP contribution in [0.4, 0.5) is 5.82 Å². The van der Waals surface area contributed by atoms with E-state index < -0.39 is 50.3 Å². The molecule has 5 rings (SSSR count). The van der Waals surface area contributed by atoms with Crippen LogP contribution in [0.5, 0.6) is 5.75 Å². The molecule has 1 unspecified atom stereocenters. The van der Waals surface area contributed by atoms with Crippen LogP contribution >= 0.6 is 7.75 Å². The Bertz CT molecular complexity index is 1670. The van der Waals surface area contributed by atoms with Gasteiger partial charge < -0.3 is 29.9 Å². The zero-order valence-corrected chi connectivity index (χ0v) is 27.6. The topological polar surface area (TPSA) is 204 Å². The Morgan fingerprint density at radius 2 is 1.91 bits per heavy atom. The molecule has 5 N–H and O–H groups in total. The van der Waals surface area contributed by atoms with Crippen LogP contribution in [0, 0.1) is 16.7 Å². The van der Waals surface area contributed by atoms with Crippen molar-refractivity contribution in [2.75, 3.05) is 12.3 Å². The molecular formula is C31H41N6O8P. The fraction of sp³-hybridized carbons (Fsp3) is 0.548. The molecule has 46 heavy (non-hydrogen) atoms. The number of nitrogens with zero attached hydrogens (tertiary/aromatic N) is 4. The molecule has 1 saturated heterocycles. The highest BCUT2D eigenvalue weighted by molar-refractivity contribution is 7.52. The fourth-order valence-electron chi connectivity index (χ4n) is 5.78. The first kappa shape index (κ1) is 33.8. The molecule has 2 aromatic heterocycles. The number of carbonyl (C=O) groups is 1. The summed E-state index contributed by atoms with van der Waals surface area (Å²) < 4.78 is 38.6. The average Bonchev–Trinajstić information content (AvgIpc) is 3.51. The molecule has 0 spiro atoms. The van der Waals surface area contributed by atoms with E-state index in [2.05, 4.69) is 49.8 Å². The predicted molar refractivity (Wildman–Crippen MR) is 166 cm³/mol. The SMILES string of the molecule is C[C@H](NP(=O)(OC[C@H]1O[C@@](C#N)(c2ccc3c(N)ncnn23)[C@H](O)[C@@H]1O)Oc1ccc(C(C)(C)C)cc1)C(=O)OC1CC(C)(C)C1. The molecule has 1 aliphatic heterocycles. The van der Waals surface area contributed by atoms with Gasteiger partial charge >= 0.3 is 13.7 Å². The largest absolute Gasteiger partial charge is 0.461 e. The standard InChI is InChI=1S/C31H41N6O8P/c1-18(28(40)43-21-13-30(5,6)14-21)36-46(41,45-20-9-7-19(8-10-20)29(2,3)4)42-15-23-25(38)26(39)31(16-32,44-23)24-12-11-22-27(33)34-17-35-37(22)24/h7-12,17-18,21,23,25-26,38-39H,13-15H2,1-6H3,(H,36,41)(H2,33,34,35)/t18-,23+,25+,26+,31-,46?/m0/s1. The zero-order valence-electron chi connectivity index (χ0n) is 26.7. The predicted octanol–water partition coefficient (Wildman–Crippen LogP) is 3.36. The fourth-order valence-corrected chi connectivity index (χ4v) is 7.28. The van der Waals surface area contributed by atoms with Crippen LogP contribution in [0.3, 0.4) is 0 Å². The number of hydrogen-bond donors (Lipinski definition) is 4. The number of benzene rings is 1. The van der Waals surface area contributed by atoms with Crippen LogP contribution in [0.25, 0.3) is 5.52 Å². The number of fused-ring (bicyclic) bond motifs is 1. The number of nitrogens with one attached hydrogen (secondary N) is 1. The number of rotatable bonds is 10. The van der Waals surface area contributed by atoms with Crippen LogP contribution < -0.4 is 15.3 Å². The van der Waals surface area contributed by atoms with Crippen molar-refractivity contribution in [3.63, 3.8) is 0 Å². The summed E-state index contributed by atoms with van der Waals surface area (Å²) in [5, 5.41) is 39.0. The van der Waals surface area contributed by atoms with E-state index in [9.17, 15) is 24.8 Å². The van der Waals surface area contributed by atoms with E-state index in [1.807, 2.05) is 18.2 Å². The Balaban J connectivity index is 1.36. The lowest BCUT2D eigenvalue weighted by Crippen LogP contribution is -2.43. The molecule has 0 radical (unpaired) electrons. The normalized spacial score (nSPS) is 26.5. The van der Waals surface area contributed by atoms with Gasteiger partial charge in [-0.2, -0.15) is 15.4 Å². The van der Waals surface area contributed by atoms with Crippen molar-refractivity contribution in [1.29, 1.82) is 5.26 Å². The quantitative estimate of drug-likeness (QED) is 0.183. The van der Waals surface area contributed by atoms with E-state index in [-0.39, 0.29) is 34.2 Å². The summed E-state index contributed by atoms with van der Waals surface area (Å²) in [7, 11) is -4.37. The Morgan fingerprint density at radius 1 is 1.24 bits per heavy atom. The summed E-state index contributed by atoms with van der Waals surface area (Å²) in [6.45, 7) is 11.2. The number of aromatic nitrogens is 3. The molecule has 248 valence electrons. The van der Waals surface area contributed by atoms with Crippen molar-refractivity contribution >= 4 is 25.1 Å². The van der Waals surface area contributed by atoms with Crippen molar-refractivity contribution in [3.05, 3.63) is 54.0 Å². The Labute approximate surface area is 267 Å². The van der Waals surface area contributed by atoms with Crippen LogP contribution in [-0.2, 0) is 34.4 Å². The first-order valence-corrected chi connectivity index (χ1v) is 16.6. The zero-order chi connectivity index (χ0) is 33.7. The van der Waals surface area contributed by atoms with Gasteiger partial charge in [-0.15, -0.1) is 0 Å². The van der Waals surface area contributed by atoms with Crippen LogP contribution in [-0.4, -0.2) is 67.8 Å². The van der Waals surface area contributed by atoms with Crippen molar-refractivity contribution in [1.82, 2.24) is 19.7 Å². The average molecular weight is 657 g/mol. The number of anilines is 1. The van der Waals surface area contributed by atoms with Gasteiger partial charge in [-0.25, -0.2) is 14.1 Å². The van der Waals surface area contributed by atoms with E-state index in [0.29, 0.717) is 18.4 Å². The number of nitrogen functional groups attached to an aromatic ring is 1. The maximum absolute atomic E-state index is 14.2. The lowest BCUT2D eigenvalue weighted by Gasteiger charge is -2.42. The summed E-state index contributed by atoms with van der Waals surface area (Å²) in [5.74, 6) is -0.301. The van der Waals surface area contributed by atoms with Gasteiger partial charge in [0.05, 0.1) is 12.3 Å². The van der Waals surface area contributed by atoms with Crippen molar-refractivity contribution in [3.8, 4) is 11.8 Å². The molecule has 0 amide bonds. The molecule has 6 atom stereocenters. The summed E-state index contributed by atoms with van der Waals surface area (Å²) in [6.07, 6.45) is -2.38. The molecule has 15 heteroatoms. The summed E-state index contributed by atoms with van der Waals surface area (Å²) in [5.41, 5.74) is 5.26. The first-order valence-electron chi connectivity index (χ1n) is 15.0. The van der Waals surface area contributed by atoms with Gasteiger partial charge in [-0.3, -0.25) is 9.32 Å². The van der Waals surface area contributed by atoms with E-state index in [1.165, 1.54) is 23.8 Å². The number of esters is 1. The number of carbonyl (C=O) groups excluding carboxylic acids is 1. The third-order valence-corrected chi connectivity index (χ3v) is 10.0. The molecule has 2 aliphatic rings. The summed E-state index contributed by atoms with van der Waals surface area (Å²) in [4.78, 5) is 16.8. The van der Waals surface area contributed by atoms with Gasteiger partial charge in [-0.1, -0.05) is 46.8 Å². The monoisotopic (exact) mass is 656 g/mol. The molecule has 1 aliphatic carbocycles. The minimum atomic E-state index is -4.37. The van der Waals surface area contributed by atoms with E-state index in [1.54, 1.807) is 18.2 Å². The summed E-state index contributed by atoms with van der Waals surface area (Å²) >= 11 is 0. The molecule has 1 saturated carbocycles. The second-order valence-electron chi connectivity index (χ2n) is 13.7. The summed E-state index contributed by atoms with van der Waals surface area (Å²) in [6, 6.07) is 10.8. The molecule has 1 aromatic carbocycles. The Hall–Kier alpha value is -3.57. The van der Waals surface area contributed by atoms with Gasteiger partial charge in [0.1, 0.15) is 54.1 Å². The van der Waals surface area contributed by atoms with Gasteiger partial charge in [-0.05, 0) is 60.4 Å². The van der Waals surface area contributed by atoms with Crippen molar-refractivity contribution < 1.29 is 38.1 Å². The highest BCUT2D eigenvalue weighted by Gasteiger charge is 2.58. The molecule has 3 heterocycles. The Morgan fingerprint density at radius 3 is 2.52 bits per heavy atom. The number of aliphatic hydroxyl groups excluding tert-OH is 2. The smallest absolute Gasteiger partial charge is 0.459 e. The van der Waals surface area contributed by atoms with E-state index in [4.69, 9.17) is 24.3 Å².